The van der Waals surface area contributed by atoms with Crippen LogP contribution in [0.25, 0.3) is 11.0 Å². The maximum Gasteiger partial charge on any atom is 0.328 e. The van der Waals surface area contributed by atoms with Crippen LogP contribution in [0.4, 0.5) is 5.82 Å². The average molecular weight is 475 g/mol. The predicted octanol–water partition coefficient (Wildman–Crippen LogP) is 2.79. The molecule has 34 heavy (non-hydrogen) atoms. The van der Waals surface area contributed by atoms with Crippen LogP contribution in [0.1, 0.15) is 52.9 Å². The molecule has 3 N–H and O–H groups in total. The Morgan fingerprint density at radius 1 is 1.00 bits per heavy atom. The Labute approximate surface area is 198 Å². The van der Waals surface area contributed by atoms with Gasteiger partial charge in [-0.1, -0.05) is 33.6 Å². The third kappa shape index (κ3) is 8.89. The Morgan fingerprint density at radius 2 is 1.62 bits per heavy atom. The topological polar surface area (TPSA) is 151 Å². The first kappa shape index (κ1) is 26.9. The summed E-state index contributed by atoms with van der Waals surface area (Å²) in [5.74, 6) is -2.04. The molecule has 0 aliphatic carbocycles. The fraction of sp³-hybridized carbons (Fsp3) is 0.565. The van der Waals surface area contributed by atoms with Gasteiger partial charge in [0.25, 0.3) is 0 Å². The second-order valence-electron chi connectivity index (χ2n) is 9.15. The van der Waals surface area contributed by atoms with E-state index in [1.54, 1.807) is 6.20 Å². The van der Waals surface area contributed by atoms with Crippen molar-refractivity contribution in [1.29, 1.82) is 0 Å². The number of carboxylic acids is 2. The second kappa shape index (κ2) is 12.8. The Hall–Kier alpha value is -3.34. The summed E-state index contributed by atoms with van der Waals surface area (Å²) in [6, 6.07) is 0. The summed E-state index contributed by atoms with van der Waals surface area (Å²) in [5.41, 5.74) is 0.306. The summed E-state index contributed by atoms with van der Waals surface area (Å²) < 4.78 is 1.92. The van der Waals surface area contributed by atoms with E-state index in [1.165, 1.54) is 45.1 Å². The van der Waals surface area contributed by atoms with Gasteiger partial charge in [0.15, 0.2) is 5.65 Å². The van der Waals surface area contributed by atoms with Crippen molar-refractivity contribution in [2.45, 2.75) is 59.4 Å². The minimum absolute atomic E-state index is 0.0635. The zero-order valence-corrected chi connectivity index (χ0v) is 20.0. The summed E-state index contributed by atoms with van der Waals surface area (Å²) in [5, 5.41) is 23.8. The van der Waals surface area contributed by atoms with Crippen molar-refractivity contribution in [3.8, 4) is 0 Å². The Bertz CT molecular complexity index is 987. The number of nitrogens with one attached hydrogen (secondary N) is 1. The third-order valence-electron chi connectivity index (χ3n) is 5.26. The standard InChI is InChI=1S/C19H30N6O.C4H4O4/c1-19(2,3)18(26)23-16-15-13-22-25(17(15)21-14-20-16)12-8-11-24-9-6-4-5-7-10-24;5-3(6)1-2-4(7)8/h13-14H,4-12H2,1-3H3,(H,20,21,23,26);1-2H,(H,5,6)(H,7,8). The van der Waals surface area contributed by atoms with Crippen LogP contribution in [-0.4, -0.2) is 72.3 Å². The highest BCUT2D eigenvalue weighted by molar-refractivity contribution is 6.00. The molecule has 1 amide bonds. The summed E-state index contributed by atoms with van der Waals surface area (Å²) in [4.78, 5) is 42.5. The van der Waals surface area contributed by atoms with Crippen molar-refractivity contribution < 1.29 is 24.6 Å². The number of aryl methyl sites for hydroxylation is 1. The van der Waals surface area contributed by atoms with E-state index in [0.29, 0.717) is 18.0 Å². The number of hydrogen-bond donors (Lipinski definition) is 3. The number of likely N-dealkylation sites (tertiary alicyclic amines) is 1. The molecule has 186 valence electrons. The highest BCUT2D eigenvalue weighted by Gasteiger charge is 2.23. The van der Waals surface area contributed by atoms with E-state index < -0.39 is 17.4 Å². The first-order valence-electron chi connectivity index (χ1n) is 11.4. The molecule has 0 radical (unpaired) electrons. The van der Waals surface area contributed by atoms with Gasteiger partial charge < -0.3 is 20.4 Å². The van der Waals surface area contributed by atoms with Crippen molar-refractivity contribution >= 4 is 34.7 Å². The van der Waals surface area contributed by atoms with Crippen molar-refractivity contribution in [2.24, 2.45) is 5.41 Å². The van der Waals surface area contributed by atoms with Gasteiger partial charge in [0.1, 0.15) is 12.1 Å². The third-order valence-corrected chi connectivity index (χ3v) is 5.26. The highest BCUT2D eigenvalue weighted by Crippen LogP contribution is 2.22. The maximum atomic E-state index is 12.3. The first-order valence-corrected chi connectivity index (χ1v) is 11.4. The van der Waals surface area contributed by atoms with Gasteiger partial charge in [-0.25, -0.2) is 24.2 Å². The van der Waals surface area contributed by atoms with Crippen molar-refractivity contribution in [1.82, 2.24) is 24.6 Å². The molecule has 3 rings (SSSR count). The highest BCUT2D eigenvalue weighted by atomic mass is 16.4. The normalized spacial score (nSPS) is 14.9. The number of anilines is 1. The van der Waals surface area contributed by atoms with Crippen LogP contribution in [0.15, 0.2) is 24.7 Å². The van der Waals surface area contributed by atoms with E-state index in [2.05, 4.69) is 25.3 Å². The smallest absolute Gasteiger partial charge is 0.328 e. The van der Waals surface area contributed by atoms with Crippen LogP contribution >= 0.6 is 0 Å². The molecule has 1 saturated heterocycles. The minimum Gasteiger partial charge on any atom is -0.478 e. The number of rotatable bonds is 7. The van der Waals surface area contributed by atoms with Gasteiger partial charge in [0.05, 0.1) is 11.6 Å². The largest absolute Gasteiger partial charge is 0.478 e. The number of carboxylic acid groups (broad SMARTS) is 2. The molecule has 1 aliphatic rings. The summed E-state index contributed by atoms with van der Waals surface area (Å²) >= 11 is 0. The molecule has 0 unspecified atom stereocenters. The van der Waals surface area contributed by atoms with E-state index in [1.807, 2.05) is 25.5 Å². The molecule has 0 aromatic carbocycles. The second-order valence-corrected chi connectivity index (χ2v) is 9.15. The molecule has 11 heteroatoms. The van der Waals surface area contributed by atoms with Crippen LogP contribution in [0.2, 0.25) is 0 Å². The molecule has 0 bridgehead atoms. The maximum absolute atomic E-state index is 12.3. The lowest BCUT2D eigenvalue weighted by Gasteiger charge is -2.19. The number of nitrogens with zero attached hydrogens (tertiary/aromatic N) is 5. The Balaban J connectivity index is 0.000000440. The molecule has 2 aromatic rings. The van der Waals surface area contributed by atoms with Crippen LogP contribution in [0.3, 0.4) is 0 Å². The molecule has 1 aliphatic heterocycles. The van der Waals surface area contributed by atoms with Gasteiger partial charge in [-0.15, -0.1) is 0 Å². The SMILES string of the molecule is CC(C)(C)C(=O)Nc1ncnc2c1cnn2CCCN1CCCCCC1.O=C(O)C=CC(=O)O. The molecule has 0 atom stereocenters. The van der Waals surface area contributed by atoms with Gasteiger partial charge in [0, 0.05) is 24.1 Å². The number of amides is 1. The lowest BCUT2D eigenvalue weighted by atomic mass is 9.96. The number of carbonyl (C=O) groups excluding carboxylic acids is 1. The zero-order valence-electron chi connectivity index (χ0n) is 20.0. The molecule has 11 nitrogen and oxygen atoms in total. The number of aromatic nitrogens is 4. The first-order chi connectivity index (χ1) is 16.1. The molecular weight excluding hydrogens is 440 g/mol. The zero-order chi connectivity index (χ0) is 25.1. The monoisotopic (exact) mass is 474 g/mol. The molecule has 3 heterocycles. The van der Waals surface area contributed by atoms with E-state index >= 15 is 0 Å². The quantitative estimate of drug-likeness (QED) is 0.515. The molecule has 0 saturated carbocycles. The molecular formula is C23H34N6O5. The van der Waals surface area contributed by atoms with Gasteiger partial charge in [-0.2, -0.15) is 5.10 Å². The van der Waals surface area contributed by atoms with E-state index in [4.69, 9.17) is 10.2 Å². The van der Waals surface area contributed by atoms with Crippen molar-refractivity contribution in [3.63, 3.8) is 0 Å². The lowest BCUT2D eigenvalue weighted by Crippen LogP contribution is -2.28. The molecule has 2 aromatic heterocycles. The Kier molecular flexibility index (Phi) is 10.1. The minimum atomic E-state index is -1.26. The lowest BCUT2D eigenvalue weighted by molar-refractivity contribution is -0.134. The average Bonchev–Trinajstić information content (AvgIpc) is 3.00. The summed E-state index contributed by atoms with van der Waals surface area (Å²) in [6.07, 6.45) is 10.8. The van der Waals surface area contributed by atoms with Crippen molar-refractivity contribution in [2.75, 3.05) is 25.0 Å². The van der Waals surface area contributed by atoms with E-state index in [0.717, 1.165) is 30.5 Å². The van der Waals surface area contributed by atoms with Gasteiger partial charge >= 0.3 is 11.9 Å². The van der Waals surface area contributed by atoms with E-state index in [9.17, 15) is 14.4 Å². The van der Waals surface area contributed by atoms with Crippen LogP contribution in [-0.2, 0) is 20.9 Å². The van der Waals surface area contributed by atoms with Crippen molar-refractivity contribution in [3.05, 3.63) is 24.7 Å². The van der Waals surface area contributed by atoms with Crippen LogP contribution < -0.4 is 5.32 Å². The van der Waals surface area contributed by atoms with Crippen LogP contribution in [0, 0.1) is 5.41 Å². The fourth-order valence-corrected chi connectivity index (χ4v) is 3.40. The number of fused-ring (bicyclic) bond motifs is 1. The predicted molar refractivity (Wildman–Crippen MR) is 127 cm³/mol. The molecule has 0 spiro atoms. The summed E-state index contributed by atoms with van der Waals surface area (Å²) in [7, 11) is 0. The molecule has 1 fully saturated rings. The van der Waals surface area contributed by atoms with Crippen LogP contribution in [0.5, 0.6) is 0 Å². The van der Waals surface area contributed by atoms with Gasteiger partial charge in [0.2, 0.25) is 5.91 Å². The summed E-state index contributed by atoms with van der Waals surface area (Å²) in [6.45, 7) is 9.99. The number of hydrogen-bond acceptors (Lipinski definition) is 7. The Morgan fingerprint density at radius 3 is 2.18 bits per heavy atom. The fourth-order valence-electron chi connectivity index (χ4n) is 3.40. The number of aliphatic carboxylic acids is 2. The number of carbonyl (C=O) groups is 3. The van der Waals surface area contributed by atoms with Gasteiger partial charge in [-0.05, 0) is 38.9 Å². The van der Waals surface area contributed by atoms with E-state index in [-0.39, 0.29) is 5.91 Å². The van der Waals surface area contributed by atoms with Gasteiger partial charge in [-0.3, -0.25) is 4.79 Å².